The maximum atomic E-state index is 6.11. The Morgan fingerprint density at radius 3 is 3.05 bits per heavy atom. The summed E-state index contributed by atoms with van der Waals surface area (Å²) in [5.74, 6) is 1.96. The van der Waals surface area contributed by atoms with Gasteiger partial charge in [0.1, 0.15) is 11.9 Å². The first-order chi connectivity index (χ1) is 9.24. The number of hydrogen-bond acceptors (Lipinski definition) is 2. The molecule has 1 aliphatic carbocycles. The van der Waals surface area contributed by atoms with E-state index in [1.54, 1.807) is 0 Å². The normalized spacial score (nSPS) is 29.9. The Morgan fingerprint density at radius 2 is 2.21 bits per heavy atom. The zero-order chi connectivity index (χ0) is 13.2. The van der Waals surface area contributed by atoms with Gasteiger partial charge in [0.2, 0.25) is 0 Å². The van der Waals surface area contributed by atoms with Crippen LogP contribution in [-0.2, 0) is 6.42 Å². The molecule has 1 N–H and O–H groups in total. The molecule has 1 aliphatic heterocycles. The van der Waals surface area contributed by atoms with Crippen LogP contribution in [0.3, 0.4) is 0 Å². The van der Waals surface area contributed by atoms with E-state index in [9.17, 15) is 0 Å². The molecule has 3 rings (SSSR count). The largest absolute Gasteiger partial charge is 0.490 e. The van der Waals surface area contributed by atoms with Crippen LogP contribution in [-0.4, -0.2) is 19.2 Å². The molecule has 2 nitrogen and oxygen atoms in total. The fourth-order valence-electron chi connectivity index (χ4n) is 3.72. The fourth-order valence-corrected chi connectivity index (χ4v) is 3.72. The van der Waals surface area contributed by atoms with Crippen LogP contribution in [0.4, 0.5) is 0 Å². The first-order valence-corrected chi connectivity index (χ1v) is 7.68. The van der Waals surface area contributed by atoms with Crippen LogP contribution >= 0.6 is 0 Å². The molecule has 2 aliphatic rings. The first-order valence-electron chi connectivity index (χ1n) is 7.68. The molecule has 0 spiro atoms. The van der Waals surface area contributed by atoms with E-state index in [1.165, 1.54) is 43.2 Å². The number of nitrogens with one attached hydrogen (secondary N) is 1. The van der Waals surface area contributed by atoms with Crippen LogP contribution in [0.5, 0.6) is 5.75 Å². The van der Waals surface area contributed by atoms with Gasteiger partial charge in [-0.25, -0.2) is 0 Å². The highest BCUT2D eigenvalue weighted by molar-refractivity contribution is 5.40. The summed E-state index contributed by atoms with van der Waals surface area (Å²) in [6, 6.07) is 7.30. The Balaban J connectivity index is 1.58. The highest BCUT2D eigenvalue weighted by atomic mass is 16.5. The third-order valence-corrected chi connectivity index (χ3v) is 4.74. The minimum Gasteiger partial charge on any atom is -0.490 e. The van der Waals surface area contributed by atoms with Gasteiger partial charge in [0.15, 0.2) is 0 Å². The van der Waals surface area contributed by atoms with Gasteiger partial charge in [-0.05, 0) is 50.8 Å². The van der Waals surface area contributed by atoms with Gasteiger partial charge in [-0.2, -0.15) is 0 Å². The second-order valence-corrected chi connectivity index (χ2v) is 6.31. The van der Waals surface area contributed by atoms with Crippen LogP contribution in [0.1, 0.15) is 43.2 Å². The van der Waals surface area contributed by atoms with Crippen molar-refractivity contribution in [1.29, 1.82) is 0 Å². The van der Waals surface area contributed by atoms with Crippen LogP contribution in [0.15, 0.2) is 18.2 Å². The molecule has 19 heavy (non-hydrogen) atoms. The molecule has 1 aromatic carbocycles. The average Bonchev–Trinajstić information content (AvgIpc) is 2.80. The van der Waals surface area contributed by atoms with Crippen molar-refractivity contribution in [3.63, 3.8) is 0 Å². The predicted molar refractivity (Wildman–Crippen MR) is 78.7 cm³/mol. The molecule has 0 bridgehead atoms. The van der Waals surface area contributed by atoms with Crippen molar-refractivity contribution < 1.29 is 4.74 Å². The first kappa shape index (κ1) is 13.0. The van der Waals surface area contributed by atoms with E-state index in [0.717, 1.165) is 24.1 Å². The molecule has 1 saturated carbocycles. The molecule has 0 aromatic heterocycles. The Morgan fingerprint density at radius 1 is 1.32 bits per heavy atom. The summed E-state index contributed by atoms with van der Waals surface area (Å²) in [5, 5.41) is 3.44. The Hall–Kier alpha value is -1.02. The second-order valence-electron chi connectivity index (χ2n) is 6.31. The lowest BCUT2D eigenvalue weighted by Gasteiger charge is -2.30. The molecule has 3 unspecified atom stereocenters. The quantitative estimate of drug-likeness (QED) is 0.897. The number of aryl methyl sites for hydroxylation is 1. The van der Waals surface area contributed by atoms with Crippen molar-refractivity contribution in [2.45, 2.75) is 57.6 Å². The predicted octanol–water partition coefficient (Wildman–Crippen LogP) is 3.47. The van der Waals surface area contributed by atoms with E-state index >= 15 is 0 Å². The van der Waals surface area contributed by atoms with Gasteiger partial charge in [-0.1, -0.05) is 30.5 Å². The number of rotatable bonds is 3. The standard InChI is InChI=1S/C17H25NO/c1-12-6-7-17-14(8-12)11-16(19-17)10-13-4-3-5-15(9-13)18-2/h6-8,13,15-16,18H,3-5,9-11H2,1-2H3. The van der Waals surface area contributed by atoms with Gasteiger partial charge in [0.25, 0.3) is 0 Å². The highest BCUT2D eigenvalue weighted by Gasteiger charge is 2.28. The van der Waals surface area contributed by atoms with Crippen molar-refractivity contribution in [1.82, 2.24) is 5.32 Å². The van der Waals surface area contributed by atoms with Gasteiger partial charge < -0.3 is 10.1 Å². The molecule has 0 saturated heterocycles. The Labute approximate surface area is 116 Å². The molecule has 0 amide bonds. The van der Waals surface area contributed by atoms with Gasteiger partial charge in [-0.15, -0.1) is 0 Å². The molecule has 2 heteroatoms. The number of hydrogen-bond donors (Lipinski definition) is 1. The molecular weight excluding hydrogens is 234 g/mol. The van der Waals surface area contributed by atoms with Crippen LogP contribution in [0.2, 0.25) is 0 Å². The average molecular weight is 259 g/mol. The fraction of sp³-hybridized carbons (Fsp3) is 0.647. The summed E-state index contributed by atoms with van der Waals surface area (Å²) in [7, 11) is 2.09. The van der Waals surface area contributed by atoms with Crippen molar-refractivity contribution in [3.05, 3.63) is 29.3 Å². The van der Waals surface area contributed by atoms with Crippen LogP contribution in [0.25, 0.3) is 0 Å². The summed E-state index contributed by atoms with van der Waals surface area (Å²) in [5.41, 5.74) is 2.75. The summed E-state index contributed by atoms with van der Waals surface area (Å²) < 4.78 is 6.11. The van der Waals surface area contributed by atoms with E-state index < -0.39 is 0 Å². The van der Waals surface area contributed by atoms with Gasteiger partial charge in [-0.3, -0.25) is 0 Å². The van der Waals surface area contributed by atoms with Crippen molar-refractivity contribution in [2.24, 2.45) is 5.92 Å². The summed E-state index contributed by atoms with van der Waals surface area (Å²) in [6.45, 7) is 2.16. The van der Waals surface area contributed by atoms with Crippen molar-refractivity contribution in [3.8, 4) is 5.75 Å². The second kappa shape index (κ2) is 5.54. The van der Waals surface area contributed by atoms with Crippen molar-refractivity contribution in [2.75, 3.05) is 7.05 Å². The van der Waals surface area contributed by atoms with E-state index in [1.807, 2.05) is 0 Å². The molecule has 0 radical (unpaired) electrons. The van der Waals surface area contributed by atoms with E-state index in [2.05, 4.69) is 37.5 Å². The zero-order valence-electron chi connectivity index (χ0n) is 12.1. The smallest absolute Gasteiger partial charge is 0.123 e. The van der Waals surface area contributed by atoms with Crippen LogP contribution in [0, 0.1) is 12.8 Å². The third-order valence-electron chi connectivity index (χ3n) is 4.74. The zero-order valence-corrected chi connectivity index (χ0v) is 12.1. The summed E-state index contributed by atoms with van der Waals surface area (Å²) >= 11 is 0. The minimum absolute atomic E-state index is 0.414. The van der Waals surface area contributed by atoms with Gasteiger partial charge in [0, 0.05) is 12.5 Å². The summed E-state index contributed by atoms with van der Waals surface area (Å²) in [6.07, 6.45) is 8.17. The van der Waals surface area contributed by atoms with Crippen molar-refractivity contribution >= 4 is 0 Å². The maximum absolute atomic E-state index is 6.11. The molecule has 1 fully saturated rings. The Bertz CT molecular complexity index is 443. The van der Waals surface area contributed by atoms with E-state index in [0.29, 0.717) is 6.10 Å². The lowest BCUT2D eigenvalue weighted by molar-refractivity contribution is 0.166. The molecule has 104 valence electrons. The van der Waals surface area contributed by atoms with Gasteiger partial charge >= 0.3 is 0 Å². The third kappa shape index (κ3) is 2.94. The Kier molecular flexibility index (Phi) is 3.79. The SMILES string of the molecule is CNC1CCCC(CC2Cc3cc(C)ccc3O2)C1. The maximum Gasteiger partial charge on any atom is 0.123 e. The molecular formula is C17H25NO. The molecule has 3 atom stereocenters. The lowest BCUT2D eigenvalue weighted by Crippen LogP contribution is -2.33. The number of fused-ring (bicyclic) bond motifs is 1. The van der Waals surface area contributed by atoms with E-state index in [4.69, 9.17) is 4.74 Å². The monoisotopic (exact) mass is 259 g/mol. The topological polar surface area (TPSA) is 21.3 Å². The van der Waals surface area contributed by atoms with Crippen LogP contribution < -0.4 is 10.1 Å². The summed E-state index contributed by atoms with van der Waals surface area (Å²) in [4.78, 5) is 0. The van der Waals surface area contributed by atoms with E-state index in [-0.39, 0.29) is 0 Å². The molecule has 1 heterocycles. The number of ether oxygens (including phenoxy) is 1. The lowest BCUT2D eigenvalue weighted by atomic mass is 9.82. The molecule has 1 aromatic rings. The minimum atomic E-state index is 0.414. The highest BCUT2D eigenvalue weighted by Crippen LogP contribution is 2.35. The number of benzene rings is 1. The van der Waals surface area contributed by atoms with Gasteiger partial charge in [0.05, 0.1) is 0 Å².